The molecule has 65 heavy (non-hydrogen) atoms. The zero-order chi connectivity index (χ0) is 45.0. The van der Waals surface area contributed by atoms with Crippen molar-refractivity contribution in [1.29, 1.82) is 0 Å². The molecule has 11 heteroatoms. The van der Waals surface area contributed by atoms with Gasteiger partial charge in [-0.3, -0.25) is 9.97 Å². The van der Waals surface area contributed by atoms with E-state index >= 15 is 0 Å². The van der Waals surface area contributed by atoms with Gasteiger partial charge in [0.2, 0.25) is 0 Å². The van der Waals surface area contributed by atoms with Gasteiger partial charge in [-0.1, -0.05) is 65.7 Å². The maximum absolute atomic E-state index is 10.8. The van der Waals surface area contributed by atoms with Gasteiger partial charge in [0, 0.05) is 66.3 Å². The van der Waals surface area contributed by atoms with E-state index in [0.717, 1.165) is 73.3 Å². The molecule has 0 bridgehead atoms. The third kappa shape index (κ3) is 10.3. The molecular weight excluding hydrogens is 848 g/mol. The maximum Gasteiger partial charge on any atom is 0.0978 e. The first-order valence-electron chi connectivity index (χ1n) is 23.2. The third-order valence-corrected chi connectivity index (χ3v) is 14.4. The predicted molar refractivity (Wildman–Crippen MR) is 266 cm³/mol. The molecule has 336 valence electrons. The van der Waals surface area contributed by atoms with Crippen LogP contribution in [0.2, 0.25) is 10.0 Å². The number of likely N-dealkylation sites (tertiary alicyclic amines) is 2. The van der Waals surface area contributed by atoms with Crippen molar-refractivity contribution in [3.8, 4) is 0 Å². The number of hydrogen-bond acceptors (Lipinski definition) is 7. The van der Waals surface area contributed by atoms with Crippen LogP contribution in [-0.4, -0.2) is 84.3 Å². The number of nitrogens with zero attached hydrogens (tertiary/aromatic N) is 8. The molecular formula is C54H60Cl2N8O. The summed E-state index contributed by atoms with van der Waals surface area (Å²) in [5.74, 6) is 1.66. The van der Waals surface area contributed by atoms with E-state index in [1.165, 1.54) is 63.1 Å². The van der Waals surface area contributed by atoms with Gasteiger partial charge in [-0.2, -0.15) is 0 Å². The highest BCUT2D eigenvalue weighted by Gasteiger charge is 2.35. The molecule has 0 amide bonds. The molecule has 2 aliphatic heterocycles. The van der Waals surface area contributed by atoms with E-state index in [9.17, 15) is 5.11 Å². The van der Waals surface area contributed by atoms with Crippen molar-refractivity contribution in [2.75, 3.05) is 40.3 Å². The molecule has 2 saturated heterocycles. The first kappa shape index (κ1) is 45.0. The summed E-state index contributed by atoms with van der Waals surface area (Å²) in [6.07, 6.45) is 26.5. The van der Waals surface area contributed by atoms with Crippen LogP contribution in [0.25, 0.3) is 29.4 Å². The Morgan fingerprint density at radius 2 is 1.18 bits per heavy atom. The number of imidazole rings is 2. The van der Waals surface area contributed by atoms with Gasteiger partial charge in [-0.15, -0.1) is 0 Å². The largest absolute Gasteiger partial charge is 0.387 e. The van der Waals surface area contributed by atoms with E-state index in [1.807, 2.05) is 72.5 Å². The summed E-state index contributed by atoms with van der Waals surface area (Å²) in [5.41, 5.74) is 14.1. The number of fused-ring (bicyclic) bond motifs is 4. The minimum atomic E-state index is -0.598. The monoisotopic (exact) mass is 906 g/mol. The van der Waals surface area contributed by atoms with Crippen LogP contribution in [0.5, 0.6) is 0 Å². The number of halogens is 2. The van der Waals surface area contributed by atoms with Gasteiger partial charge < -0.3 is 24.0 Å². The van der Waals surface area contributed by atoms with E-state index < -0.39 is 6.10 Å². The average Bonchev–Trinajstić information content (AvgIpc) is 3.88. The molecule has 10 rings (SSSR count). The topological polar surface area (TPSA) is 88.1 Å². The Labute approximate surface area is 394 Å². The number of piperidine rings is 2. The van der Waals surface area contributed by atoms with E-state index in [2.05, 4.69) is 101 Å². The van der Waals surface area contributed by atoms with Gasteiger partial charge in [-0.25, -0.2) is 9.97 Å². The number of hydrogen-bond donors (Lipinski definition) is 1. The highest BCUT2D eigenvalue weighted by molar-refractivity contribution is 6.31. The summed E-state index contributed by atoms with van der Waals surface area (Å²) in [7, 11) is 8.33. The predicted octanol–water partition coefficient (Wildman–Crippen LogP) is 11.2. The molecule has 1 N–H and O–H groups in total. The van der Waals surface area contributed by atoms with Crippen LogP contribution in [0, 0.1) is 11.8 Å². The Kier molecular flexibility index (Phi) is 14.0. The standard InChI is InChI=1S/C27H31ClN4O.C27H29ClN4/c1-31-12-9-18(10-13-31)26-22-7-6-21(28)15-20(22)14-19(23-4-3-11-29-27(23)26)5-8-25(33)24-16-32(2)17-30-24;1-31-13-10-19(11-14-31)26-24-9-8-22(28)16-21(24)15-20(25-7-4-12-29-27(25)26)5-3-6-23-17-32(2)18-30-23/h3-4,6-7,11,14-18,25-26,33H,5,8-10,12-13H2,1-2H3;3-4,6-9,12,15-19,26H,5,10-11,13-14H2,1-2H3/b;6-3+. The molecule has 4 aliphatic rings. The van der Waals surface area contributed by atoms with E-state index in [1.54, 1.807) is 6.33 Å². The molecule has 3 unspecified atom stereocenters. The smallest absolute Gasteiger partial charge is 0.0978 e. The molecule has 0 saturated carbocycles. The molecule has 2 aromatic carbocycles. The Hall–Kier alpha value is -5.16. The maximum atomic E-state index is 10.8. The van der Waals surface area contributed by atoms with Crippen molar-refractivity contribution in [3.63, 3.8) is 0 Å². The molecule has 0 spiro atoms. The van der Waals surface area contributed by atoms with Gasteiger partial charge >= 0.3 is 0 Å². The summed E-state index contributed by atoms with van der Waals surface area (Å²) in [6.45, 7) is 4.50. The summed E-state index contributed by atoms with van der Waals surface area (Å²) in [5, 5.41) is 12.3. The van der Waals surface area contributed by atoms with Crippen LogP contribution in [0.4, 0.5) is 0 Å². The molecule has 4 aromatic heterocycles. The molecule has 9 nitrogen and oxygen atoms in total. The van der Waals surface area contributed by atoms with Crippen LogP contribution in [0.3, 0.4) is 0 Å². The quantitative estimate of drug-likeness (QED) is 0.155. The van der Waals surface area contributed by atoms with Crippen LogP contribution < -0.4 is 0 Å². The van der Waals surface area contributed by atoms with Crippen molar-refractivity contribution in [2.24, 2.45) is 25.9 Å². The number of aromatic nitrogens is 6. The van der Waals surface area contributed by atoms with E-state index in [-0.39, 0.29) is 5.92 Å². The number of allylic oxidation sites excluding steroid dienone is 3. The number of aliphatic hydroxyl groups is 1. The zero-order valence-electron chi connectivity index (χ0n) is 38.0. The van der Waals surface area contributed by atoms with Crippen LogP contribution in [0.15, 0.2) is 104 Å². The molecule has 6 aromatic rings. The average molecular weight is 908 g/mol. The fourth-order valence-electron chi connectivity index (χ4n) is 10.5. The van der Waals surface area contributed by atoms with Gasteiger partial charge in [0.25, 0.3) is 0 Å². The van der Waals surface area contributed by atoms with Crippen LogP contribution in [0.1, 0.15) is 119 Å². The van der Waals surface area contributed by atoms with Gasteiger partial charge in [-0.05, 0) is 178 Å². The Balaban J connectivity index is 0.000000164. The number of pyridine rings is 2. The minimum Gasteiger partial charge on any atom is -0.387 e. The van der Waals surface area contributed by atoms with E-state index in [0.29, 0.717) is 29.9 Å². The molecule has 2 fully saturated rings. The van der Waals surface area contributed by atoms with Crippen molar-refractivity contribution >= 4 is 52.6 Å². The molecule has 3 atom stereocenters. The number of aliphatic hydroxyl groups excluding tert-OH is 1. The summed E-state index contributed by atoms with van der Waals surface area (Å²) < 4.78 is 3.83. The lowest BCUT2D eigenvalue weighted by molar-refractivity contribution is 0.165. The van der Waals surface area contributed by atoms with E-state index in [4.69, 9.17) is 33.2 Å². The first-order valence-corrected chi connectivity index (χ1v) is 23.9. The zero-order valence-corrected chi connectivity index (χ0v) is 39.5. The van der Waals surface area contributed by atoms with Gasteiger partial charge in [0.1, 0.15) is 0 Å². The summed E-state index contributed by atoms with van der Waals surface area (Å²) in [6, 6.07) is 21.2. The number of aryl methyl sites for hydroxylation is 2. The fraction of sp³-hybridized carbons (Fsp3) is 0.370. The fourth-order valence-corrected chi connectivity index (χ4v) is 10.9. The minimum absolute atomic E-state index is 0.247. The van der Waals surface area contributed by atoms with Gasteiger partial charge in [0.15, 0.2) is 0 Å². The van der Waals surface area contributed by atoms with Gasteiger partial charge in [0.05, 0.1) is 41.5 Å². The SMILES string of the molecule is CN1CCC(C2c3ccc(Cl)cc3C=C(C/C=C/c3cn(C)cn3)c3cccnc32)CC1.CN1CCC(C2c3ccc(Cl)cc3C=C(CCC(O)c3cn(C)cn3)c3cccnc32)CC1. The number of rotatable bonds is 9. The van der Waals surface area contributed by atoms with Crippen molar-refractivity contribution in [3.05, 3.63) is 170 Å². The van der Waals surface area contributed by atoms with Crippen LogP contribution >= 0.6 is 23.2 Å². The second-order valence-corrected chi connectivity index (χ2v) is 19.5. The lowest BCUT2D eigenvalue weighted by Crippen LogP contribution is -2.33. The normalized spacial score (nSPS) is 19.7. The second kappa shape index (κ2) is 20.1. The Morgan fingerprint density at radius 3 is 1.71 bits per heavy atom. The Morgan fingerprint density at radius 1 is 0.662 bits per heavy atom. The van der Waals surface area contributed by atoms with Crippen molar-refractivity contribution < 1.29 is 5.11 Å². The highest BCUT2D eigenvalue weighted by atomic mass is 35.5. The summed E-state index contributed by atoms with van der Waals surface area (Å²) >= 11 is 12.9. The van der Waals surface area contributed by atoms with Crippen molar-refractivity contribution in [1.82, 2.24) is 38.9 Å². The highest BCUT2D eigenvalue weighted by Crippen LogP contribution is 2.47. The molecule has 2 aliphatic carbocycles. The number of benzene rings is 2. The molecule has 6 heterocycles. The molecule has 0 radical (unpaired) electrons. The lowest BCUT2D eigenvalue weighted by Gasteiger charge is -2.35. The van der Waals surface area contributed by atoms with Crippen molar-refractivity contribution in [2.45, 2.75) is 62.9 Å². The first-order chi connectivity index (χ1) is 31.6. The third-order valence-electron chi connectivity index (χ3n) is 14.0. The van der Waals surface area contributed by atoms with Crippen LogP contribution in [-0.2, 0) is 14.1 Å². The lowest BCUT2D eigenvalue weighted by atomic mass is 9.76. The Bertz CT molecular complexity index is 2700. The second-order valence-electron chi connectivity index (χ2n) is 18.6. The summed E-state index contributed by atoms with van der Waals surface area (Å²) in [4.78, 5) is 23.5.